The molecule has 7 nitrogen and oxygen atoms in total. The van der Waals surface area contributed by atoms with Crippen LogP contribution < -0.4 is 9.46 Å². The number of hydrogen-bond acceptors (Lipinski definition) is 5. The molecule has 42 heavy (non-hydrogen) atoms. The Morgan fingerprint density at radius 1 is 0.762 bits per heavy atom. The lowest BCUT2D eigenvalue weighted by atomic mass is 9.96. The summed E-state index contributed by atoms with van der Waals surface area (Å²) in [6, 6.07) is 35.7. The molecule has 0 spiro atoms. The quantitative estimate of drug-likeness (QED) is 0.272. The van der Waals surface area contributed by atoms with Crippen LogP contribution in [0.15, 0.2) is 120 Å². The minimum atomic E-state index is -3.95. The van der Waals surface area contributed by atoms with Crippen molar-refractivity contribution in [1.82, 2.24) is 14.5 Å². The Balaban J connectivity index is 1.33. The highest BCUT2D eigenvalue weighted by molar-refractivity contribution is 7.89. The molecule has 0 unspecified atom stereocenters. The Bertz CT molecular complexity index is 1490. The van der Waals surface area contributed by atoms with E-state index in [1.807, 2.05) is 49.4 Å². The average molecular weight is 584 g/mol. The maximum Gasteiger partial charge on any atom is 0.241 e. The second kappa shape index (κ2) is 13.8. The van der Waals surface area contributed by atoms with E-state index in [4.69, 9.17) is 4.74 Å². The van der Waals surface area contributed by atoms with Gasteiger partial charge in [-0.25, -0.2) is 8.42 Å². The Kier molecular flexibility index (Phi) is 9.69. The molecule has 0 bridgehead atoms. The number of carbonyl (C=O) groups excluding carboxylic acids is 1. The van der Waals surface area contributed by atoms with Gasteiger partial charge in [0.25, 0.3) is 0 Å². The molecular formula is C34H37N3O4S. The van der Waals surface area contributed by atoms with Gasteiger partial charge in [0.15, 0.2) is 0 Å². The van der Waals surface area contributed by atoms with Gasteiger partial charge in [0.1, 0.15) is 11.8 Å². The molecule has 4 aromatic carbocycles. The largest absolute Gasteiger partial charge is 0.494 e. The second-order valence-electron chi connectivity index (χ2n) is 10.4. The maximum absolute atomic E-state index is 13.9. The van der Waals surface area contributed by atoms with Crippen molar-refractivity contribution in [3.63, 3.8) is 0 Å². The molecule has 4 aromatic rings. The fourth-order valence-electron chi connectivity index (χ4n) is 5.47. The summed E-state index contributed by atoms with van der Waals surface area (Å²) in [7, 11) is -3.95. The molecule has 1 amide bonds. The van der Waals surface area contributed by atoms with Gasteiger partial charge in [-0.05, 0) is 54.3 Å². The number of rotatable bonds is 11. The van der Waals surface area contributed by atoms with Crippen LogP contribution in [0, 0.1) is 0 Å². The van der Waals surface area contributed by atoms with Gasteiger partial charge in [0.05, 0.1) is 17.5 Å². The molecule has 218 valence electrons. The number of hydrogen-bond donors (Lipinski definition) is 1. The van der Waals surface area contributed by atoms with Crippen LogP contribution in [-0.2, 0) is 21.2 Å². The van der Waals surface area contributed by atoms with Gasteiger partial charge in [-0.1, -0.05) is 91.0 Å². The topological polar surface area (TPSA) is 78.9 Å². The van der Waals surface area contributed by atoms with Crippen molar-refractivity contribution in [2.75, 3.05) is 32.8 Å². The second-order valence-corrected chi connectivity index (χ2v) is 12.1. The zero-order valence-corrected chi connectivity index (χ0v) is 24.6. The Hall–Kier alpha value is -3.98. The Morgan fingerprint density at radius 3 is 1.81 bits per heavy atom. The number of amides is 1. The van der Waals surface area contributed by atoms with Gasteiger partial charge >= 0.3 is 0 Å². The molecule has 1 fully saturated rings. The van der Waals surface area contributed by atoms with E-state index < -0.39 is 16.1 Å². The fourth-order valence-corrected chi connectivity index (χ4v) is 6.66. The van der Waals surface area contributed by atoms with E-state index in [-0.39, 0.29) is 23.3 Å². The first-order chi connectivity index (χ1) is 20.4. The van der Waals surface area contributed by atoms with Crippen molar-refractivity contribution in [2.24, 2.45) is 0 Å². The molecule has 1 atom stereocenters. The highest BCUT2D eigenvalue weighted by Crippen LogP contribution is 2.29. The first-order valence-corrected chi connectivity index (χ1v) is 15.8. The molecule has 1 aliphatic heterocycles. The molecular weight excluding hydrogens is 546 g/mol. The van der Waals surface area contributed by atoms with Crippen LogP contribution in [0.3, 0.4) is 0 Å². The molecule has 1 heterocycles. The van der Waals surface area contributed by atoms with Gasteiger partial charge in [-0.3, -0.25) is 9.69 Å². The van der Waals surface area contributed by atoms with Crippen molar-refractivity contribution in [3.8, 4) is 5.75 Å². The Morgan fingerprint density at radius 2 is 1.29 bits per heavy atom. The van der Waals surface area contributed by atoms with E-state index in [0.717, 1.165) is 5.56 Å². The predicted octanol–water partition coefficient (Wildman–Crippen LogP) is 4.91. The minimum absolute atomic E-state index is 0.0722. The summed E-state index contributed by atoms with van der Waals surface area (Å²) < 4.78 is 35.0. The van der Waals surface area contributed by atoms with Crippen molar-refractivity contribution in [3.05, 3.63) is 132 Å². The van der Waals surface area contributed by atoms with Crippen molar-refractivity contribution < 1.29 is 17.9 Å². The molecule has 0 aliphatic carbocycles. The van der Waals surface area contributed by atoms with Crippen LogP contribution in [0.1, 0.15) is 29.7 Å². The fraction of sp³-hybridized carbons (Fsp3) is 0.265. The van der Waals surface area contributed by atoms with Crippen LogP contribution in [0.25, 0.3) is 0 Å². The molecule has 8 heteroatoms. The summed E-state index contributed by atoms with van der Waals surface area (Å²) in [5, 5.41) is 0. The van der Waals surface area contributed by atoms with E-state index in [0.29, 0.717) is 38.5 Å². The number of ether oxygens (including phenoxy) is 1. The third-order valence-electron chi connectivity index (χ3n) is 7.54. The average Bonchev–Trinajstić information content (AvgIpc) is 3.03. The third-order valence-corrected chi connectivity index (χ3v) is 9.03. The molecule has 0 aromatic heterocycles. The highest BCUT2D eigenvalue weighted by atomic mass is 32.2. The summed E-state index contributed by atoms with van der Waals surface area (Å²) in [4.78, 5) is 18.2. The number of sulfonamides is 1. The van der Waals surface area contributed by atoms with Gasteiger partial charge < -0.3 is 9.64 Å². The zero-order valence-electron chi connectivity index (χ0n) is 23.8. The highest BCUT2D eigenvalue weighted by Gasteiger charge is 2.33. The summed E-state index contributed by atoms with van der Waals surface area (Å²) in [5.41, 5.74) is 3.29. The summed E-state index contributed by atoms with van der Waals surface area (Å²) in [6.07, 6.45) is 0.257. The first-order valence-electron chi connectivity index (χ1n) is 14.4. The van der Waals surface area contributed by atoms with E-state index in [1.165, 1.54) is 23.3 Å². The van der Waals surface area contributed by atoms with Gasteiger partial charge in [0.2, 0.25) is 15.9 Å². The number of benzene rings is 4. The smallest absolute Gasteiger partial charge is 0.241 e. The van der Waals surface area contributed by atoms with Crippen molar-refractivity contribution in [2.45, 2.75) is 30.3 Å². The van der Waals surface area contributed by atoms with Crippen LogP contribution >= 0.6 is 0 Å². The number of nitrogens with one attached hydrogen (secondary N) is 1. The van der Waals surface area contributed by atoms with E-state index in [2.05, 4.69) is 58.2 Å². The van der Waals surface area contributed by atoms with Crippen molar-refractivity contribution in [1.29, 1.82) is 0 Å². The van der Waals surface area contributed by atoms with E-state index in [9.17, 15) is 13.2 Å². The lowest BCUT2D eigenvalue weighted by Gasteiger charge is -2.40. The monoisotopic (exact) mass is 583 g/mol. The summed E-state index contributed by atoms with van der Waals surface area (Å²) in [5.74, 6) is 0.375. The van der Waals surface area contributed by atoms with Crippen LogP contribution in [-0.4, -0.2) is 63.0 Å². The summed E-state index contributed by atoms with van der Waals surface area (Å²) in [6.45, 7) is 4.71. The molecule has 1 saturated heterocycles. The first kappa shape index (κ1) is 29.5. The number of carbonyl (C=O) groups is 1. The maximum atomic E-state index is 13.9. The van der Waals surface area contributed by atoms with Crippen LogP contribution in [0.5, 0.6) is 5.75 Å². The SMILES string of the molecule is CCOc1ccc(S(=O)(=O)N[C@@H](Cc2ccccc2)C(=O)N2CCN(C(c3ccccc3)c3ccccc3)CC2)cc1. The third kappa shape index (κ3) is 7.26. The Labute approximate surface area is 248 Å². The zero-order chi connectivity index (χ0) is 29.4. The van der Waals surface area contributed by atoms with Crippen LogP contribution in [0.2, 0.25) is 0 Å². The minimum Gasteiger partial charge on any atom is -0.494 e. The van der Waals surface area contributed by atoms with Gasteiger partial charge in [-0.15, -0.1) is 0 Å². The standard InChI is InChI=1S/C34H37N3O4S/c1-2-41-30-18-20-31(21-19-30)42(39,40)35-32(26-27-12-6-3-7-13-27)34(38)37-24-22-36(23-25-37)33(28-14-8-4-9-15-28)29-16-10-5-11-17-29/h3-21,32-33,35H,2,22-26H2,1H3/t32-/m0/s1. The normalized spacial score (nSPS) is 15.0. The summed E-state index contributed by atoms with van der Waals surface area (Å²) >= 11 is 0. The van der Waals surface area contributed by atoms with Gasteiger partial charge in [0, 0.05) is 26.2 Å². The molecule has 1 N–H and O–H groups in total. The van der Waals surface area contributed by atoms with E-state index >= 15 is 0 Å². The molecule has 5 rings (SSSR count). The van der Waals surface area contributed by atoms with Gasteiger partial charge in [-0.2, -0.15) is 4.72 Å². The number of piperazine rings is 1. The molecule has 0 saturated carbocycles. The molecule has 1 aliphatic rings. The predicted molar refractivity (Wildman–Crippen MR) is 165 cm³/mol. The van der Waals surface area contributed by atoms with Crippen molar-refractivity contribution >= 4 is 15.9 Å². The molecule has 0 radical (unpaired) electrons. The van der Waals surface area contributed by atoms with Crippen LogP contribution in [0.4, 0.5) is 0 Å². The lowest BCUT2D eigenvalue weighted by molar-refractivity contribution is -0.135. The lowest BCUT2D eigenvalue weighted by Crippen LogP contribution is -2.56. The van der Waals surface area contributed by atoms with E-state index in [1.54, 1.807) is 17.0 Å². The number of nitrogens with zero attached hydrogens (tertiary/aromatic N) is 2.